The lowest BCUT2D eigenvalue weighted by molar-refractivity contribution is -0.306. The number of hydrogen-bond donors (Lipinski definition) is 1. The number of rotatable bonds is 5. The molecular formula is C20H17F3NO2-. The van der Waals surface area contributed by atoms with Crippen LogP contribution in [0.1, 0.15) is 41.5 Å². The van der Waals surface area contributed by atoms with Gasteiger partial charge in [-0.2, -0.15) is 13.2 Å². The minimum absolute atomic E-state index is 0.0630. The molecule has 0 saturated carbocycles. The third-order valence-electron chi connectivity index (χ3n) is 4.60. The standard InChI is InChI=1S/C20H18F3NO2/c1-2-12-6-5-8-14-16(11-24-19(12)14)15(10-18(25)26)13-7-3-4-9-17(13)20(21,22)23/h3-9,11,15,24H,2,10H2,1H3,(H,25,26)/p-1/t15-/m0/s1. The Morgan fingerprint density at radius 2 is 1.85 bits per heavy atom. The van der Waals surface area contributed by atoms with E-state index >= 15 is 0 Å². The van der Waals surface area contributed by atoms with Gasteiger partial charge in [-0.05, 0) is 35.6 Å². The van der Waals surface area contributed by atoms with Crippen molar-refractivity contribution in [3.8, 4) is 0 Å². The van der Waals surface area contributed by atoms with Gasteiger partial charge in [-0.1, -0.05) is 43.3 Å². The summed E-state index contributed by atoms with van der Waals surface area (Å²) in [5, 5.41) is 12.0. The zero-order valence-corrected chi connectivity index (χ0v) is 14.1. The van der Waals surface area contributed by atoms with E-state index in [1.54, 1.807) is 12.3 Å². The van der Waals surface area contributed by atoms with Crippen molar-refractivity contribution in [2.75, 3.05) is 0 Å². The number of carboxylic acids is 1. The SMILES string of the molecule is CCc1cccc2c([C@@H](CC(=O)[O-])c3ccccc3C(F)(F)F)c[nH]c12. The molecule has 0 saturated heterocycles. The van der Waals surface area contributed by atoms with Gasteiger partial charge in [-0.3, -0.25) is 0 Å². The molecule has 2 aromatic carbocycles. The topological polar surface area (TPSA) is 55.9 Å². The molecule has 0 radical (unpaired) electrons. The van der Waals surface area contributed by atoms with Gasteiger partial charge in [0.05, 0.1) is 5.56 Å². The van der Waals surface area contributed by atoms with E-state index in [4.69, 9.17) is 0 Å². The molecule has 1 N–H and O–H groups in total. The lowest BCUT2D eigenvalue weighted by atomic mass is 9.85. The van der Waals surface area contributed by atoms with Crippen LogP contribution in [0.15, 0.2) is 48.7 Å². The predicted octanol–water partition coefficient (Wildman–Crippen LogP) is 4.02. The van der Waals surface area contributed by atoms with E-state index in [-0.39, 0.29) is 5.56 Å². The van der Waals surface area contributed by atoms with Crippen molar-refractivity contribution >= 4 is 16.9 Å². The van der Waals surface area contributed by atoms with Crippen molar-refractivity contribution in [1.82, 2.24) is 4.98 Å². The second-order valence-corrected chi connectivity index (χ2v) is 6.15. The Morgan fingerprint density at radius 3 is 2.50 bits per heavy atom. The molecule has 0 amide bonds. The quantitative estimate of drug-likeness (QED) is 0.747. The Hall–Kier alpha value is -2.76. The molecule has 1 atom stereocenters. The van der Waals surface area contributed by atoms with Crippen LogP contribution >= 0.6 is 0 Å². The van der Waals surface area contributed by atoms with E-state index in [2.05, 4.69) is 4.98 Å². The number of benzene rings is 2. The van der Waals surface area contributed by atoms with E-state index in [1.165, 1.54) is 18.2 Å². The third-order valence-corrected chi connectivity index (χ3v) is 4.60. The number of aryl methyl sites for hydroxylation is 1. The summed E-state index contributed by atoms with van der Waals surface area (Å²) in [6.45, 7) is 1.98. The number of nitrogens with one attached hydrogen (secondary N) is 1. The molecule has 0 aliphatic carbocycles. The third kappa shape index (κ3) is 3.31. The van der Waals surface area contributed by atoms with Crippen molar-refractivity contribution in [2.45, 2.75) is 31.9 Å². The molecule has 1 aromatic heterocycles. The molecular weight excluding hydrogens is 343 g/mol. The fourth-order valence-electron chi connectivity index (χ4n) is 3.43. The number of halogens is 3. The van der Waals surface area contributed by atoms with E-state index in [0.29, 0.717) is 5.56 Å². The highest BCUT2D eigenvalue weighted by Gasteiger charge is 2.35. The van der Waals surface area contributed by atoms with Crippen LogP contribution in [0.5, 0.6) is 0 Å². The number of alkyl halides is 3. The second kappa shape index (κ2) is 6.86. The molecule has 3 nitrogen and oxygen atoms in total. The molecule has 6 heteroatoms. The lowest BCUT2D eigenvalue weighted by Gasteiger charge is -2.22. The van der Waals surface area contributed by atoms with Gasteiger partial charge in [0.2, 0.25) is 0 Å². The first kappa shape index (κ1) is 18.0. The van der Waals surface area contributed by atoms with Crippen molar-refractivity contribution in [3.05, 3.63) is 70.9 Å². The van der Waals surface area contributed by atoms with Crippen LogP contribution in [0, 0.1) is 0 Å². The highest BCUT2D eigenvalue weighted by molar-refractivity contribution is 5.87. The molecule has 3 aromatic rings. The van der Waals surface area contributed by atoms with Crippen molar-refractivity contribution < 1.29 is 23.1 Å². The van der Waals surface area contributed by atoms with Crippen molar-refractivity contribution in [1.29, 1.82) is 0 Å². The number of para-hydroxylation sites is 1. The Bertz CT molecular complexity index is 944. The van der Waals surface area contributed by atoms with Crippen LogP contribution in [0.4, 0.5) is 13.2 Å². The molecule has 0 aliphatic heterocycles. The minimum atomic E-state index is -4.57. The van der Waals surface area contributed by atoms with Gasteiger partial charge >= 0.3 is 6.18 Å². The van der Waals surface area contributed by atoms with Gasteiger partial charge in [-0.15, -0.1) is 0 Å². The monoisotopic (exact) mass is 360 g/mol. The van der Waals surface area contributed by atoms with Crippen LogP contribution in [-0.2, 0) is 17.4 Å². The van der Waals surface area contributed by atoms with Gasteiger partial charge in [0, 0.05) is 29.0 Å². The summed E-state index contributed by atoms with van der Waals surface area (Å²) in [4.78, 5) is 14.4. The zero-order valence-electron chi connectivity index (χ0n) is 14.1. The normalized spacial score (nSPS) is 13.1. The summed E-state index contributed by atoms with van der Waals surface area (Å²) in [6, 6.07) is 10.6. The van der Waals surface area contributed by atoms with Crippen molar-refractivity contribution in [2.24, 2.45) is 0 Å². The number of H-pyrrole nitrogens is 1. The van der Waals surface area contributed by atoms with Crippen LogP contribution in [-0.4, -0.2) is 11.0 Å². The summed E-state index contributed by atoms with van der Waals surface area (Å²) in [5.41, 5.74) is 1.47. The number of carboxylic acid groups (broad SMARTS) is 1. The number of fused-ring (bicyclic) bond motifs is 1. The first-order valence-electron chi connectivity index (χ1n) is 8.27. The molecule has 0 fully saturated rings. The minimum Gasteiger partial charge on any atom is -0.550 e. The molecule has 0 spiro atoms. The van der Waals surface area contributed by atoms with Gasteiger partial charge in [-0.25, -0.2) is 0 Å². The number of aromatic amines is 1. The molecule has 136 valence electrons. The highest BCUT2D eigenvalue weighted by atomic mass is 19.4. The largest absolute Gasteiger partial charge is 0.550 e. The summed E-state index contributed by atoms with van der Waals surface area (Å²) in [5.74, 6) is -2.35. The summed E-state index contributed by atoms with van der Waals surface area (Å²) >= 11 is 0. The molecule has 0 aliphatic rings. The van der Waals surface area contributed by atoms with Crippen molar-refractivity contribution in [3.63, 3.8) is 0 Å². The van der Waals surface area contributed by atoms with Gasteiger partial charge in [0.15, 0.2) is 0 Å². The Morgan fingerprint density at radius 1 is 1.12 bits per heavy atom. The Kier molecular flexibility index (Phi) is 4.76. The smallest absolute Gasteiger partial charge is 0.416 e. The van der Waals surface area contributed by atoms with Gasteiger partial charge < -0.3 is 14.9 Å². The van der Waals surface area contributed by atoms with E-state index in [1.807, 2.05) is 19.1 Å². The fraction of sp³-hybridized carbons (Fsp3) is 0.250. The van der Waals surface area contributed by atoms with E-state index in [9.17, 15) is 23.1 Å². The first-order valence-corrected chi connectivity index (χ1v) is 8.27. The number of carbonyl (C=O) groups excluding carboxylic acids is 1. The average Bonchev–Trinajstić information content (AvgIpc) is 3.02. The molecule has 26 heavy (non-hydrogen) atoms. The maximum Gasteiger partial charge on any atom is 0.416 e. The number of aromatic nitrogens is 1. The maximum atomic E-state index is 13.4. The van der Waals surface area contributed by atoms with E-state index < -0.39 is 30.0 Å². The zero-order chi connectivity index (χ0) is 18.9. The average molecular weight is 360 g/mol. The van der Waals surface area contributed by atoms with E-state index in [0.717, 1.165) is 29.0 Å². The molecule has 1 heterocycles. The first-order chi connectivity index (χ1) is 12.3. The number of hydrogen-bond acceptors (Lipinski definition) is 2. The Balaban J connectivity index is 2.23. The second-order valence-electron chi connectivity index (χ2n) is 6.15. The predicted molar refractivity (Wildman–Crippen MR) is 90.6 cm³/mol. The van der Waals surface area contributed by atoms with Gasteiger partial charge in [0.25, 0.3) is 0 Å². The summed E-state index contributed by atoms with van der Waals surface area (Å²) in [7, 11) is 0. The Labute approximate surface area is 148 Å². The molecule has 0 bridgehead atoms. The lowest BCUT2D eigenvalue weighted by Crippen LogP contribution is -2.26. The molecule has 0 unspecified atom stereocenters. The summed E-state index contributed by atoms with van der Waals surface area (Å²) < 4.78 is 40.3. The fourth-order valence-corrected chi connectivity index (χ4v) is 3.43. The summed E-state index contributed by atoms with van der Waals surface area (Å²) in [6.07, 6.45) is -2.75. The molecule has 3 rings (SSSR count). The van der Waals surface area contributed by atoms with Crippen LogP contribution in [0.3, 0.4) is 0 Å². The van der Waals surface area contributed by atoms with Crippen LogP contribution < -0.4 is 5.11 Å². The number of aliphatic carboxylic acids is 1. The highest BCUT2D eigenvalue weighted by Crippen LogP contribution is 2.41. The van der Waals surface area contributed by atoms with Crippen LogP contribution in [0.2, 0.25) is 0 Å². The van der Waals surface area contributed by atoms with Crippen LogP contribution in [0.25, 0.3) is 10.9 Å². The van der Waals surface area contributed by atoms with Gasteiger partial charge in [0.1, 0.15) is 0 Å². The maximum absolute atomic E-state index is 13.4. The number of carbonyl (C=O) groups is 1.